The highest BCUT2D eigenvalue weighted by molar-refractivity contribution is 9.10. The number of pyridine rings is 1. The average Bonchev–Trinajstić information content (AvgIpc) is 2.33. The van der Waals surface area contributed by atoms with E-state index >= 15 is 0 Å². The summed E-state index contributed by atoms with van der Waals surface area (Å²) in [5.74, 6) is 0.256. The minimum atomic E-state index is -0.402. The van der Waals surface area contributed by atoms with E-state index < -0.39 is 5.82 Å². The van der Waals surface area contributed by atoms with Crippen LogP contribution in [0.1, 0.15) is 5.56 Å². The van der Waals surface area contributed by atoms with Gasteiger partial charge in [0.15, 0.2) is 11.6 Å². The van der Waals surface area contributed by atoms with E-state index in [0.717, 1.165) is 10.0 Å². The number of rotatable bonds is 4. The van der Waals surface area contributed by atoms with Crippen LogP contribution < -0.4 is 10.5 Å². The fraction of sp³-hybridized carbons (Fsp3) is 0.154. The lowest BCUT2D eigenvalue weighted by Crippen LogP contribution is -2.03. The highest BCUT2D eigenvalue weighted by atomic mass is 79.9. The molecule has 0 atom stereocenters. The Morgan fingerprint density at radius 2 is 2.11 bits per heavy atom. The van der Waals surface area contributed by atoms with E-state index in [-0.39, 0.29) is 5.75 Å². The van der Waals surface area contributed by atoms with Gasteiger partial charge < -0.3 is 10.5 Å². The van der Waals surface area contributed by atoms with E-state index in [4.69, 9.17) is 10.5 Å². The van der Waals surface area contributed by atoms with Crippen LogP contribution in [0.5, 0.6) is 11.5 Å². The average molecular weight is 311 g/mol. The summed E-state index contributed by atoms with van der Waals surface area (Å²) in [6.07, 6.45) is 3.81. The number of hydrogen-bond acceptors (Lipinski definition) is 3. The Morgan fingerprint density at radius 1 is 1.28 bits per heavy atom. The number of hydrogen-bond donors (Lipinski definition) is 1. The van der Waals surface area contributed by atoms with Gasteiger partial charge in [-0.1, -0.05) is 6.07 Å². The zero-order valence-corrected chi connectivity index (χ0v) is 11.2. The maximum atomic E-state index is 13.8. The third kappa shape index (κ3) is 3.27. The molecule has 94 valence electrons. The van der Waals surface area contributed by atoms with Crippen molar-refractivity contribution >= 4 is 15.9 Å². The van der Waals surface area contributed by atoms with Crippen molar-refractivity contribution in [2.24, 2.45) is 5.73 Å². The molecule has 5 heteroatoms. The van der Waals surface area contributed by atoms with Gasteiger partial charge in [-0.05, 0) is 52.7 Å². The Balaban J connectivity index is 2.19. The summed E-state index contributed by atoms with van der Waals surface area (Å²) in [6, 6.07) is 6.56. The fourth-order valence-electron chi connectivity index (χ4n) is 1.52. The second-order valence-electron chi connectivity index (χ2n) is 3.74. The zero-order chi connectivity index (χ0) is 13.0. The predicted octanol–water partition coefficient (Wildman–Crippen LogP) is 3.28. The molecule has 0 radical (unpaired) electrons. The van der Waals surface area contributed by atoms with Gasteiger partial charge in [-0.25, -0.2) is 4.39 Å². The van der Waals surface area contributed by atoms with Gasteiger partial charge >= 0.3 is 0 Å². The number of nitrogens with two attached hydrogens (primary N) is 1. The highest BCUT2D eigenvalue weighted by Gasteiger charge is 2.06. The molecule has 0 saturated heterocycles. The first kappa shape index (κ1) is 13.0. The number of aromatic nitrogens is 1. The van der Waals surface area contributed by atoms with Gasteiger partial charge in [-0.15, -0.1) is 0 Å². The lowest BCUT2D eigenvalue weighted by molar-refractivity contribution is 0.439. The summed E-state index contributed by atoms with van der Waals surface area (Å²) >= 11 is 3.28. The quantitative estimate of drug-likeness (QED) is 0.942. The second-order valence-corrected chi connectivity index (χ2v) is 4.66. The number of benzene rings is 1. The molecule has 1 aromatic carbocycles. The minimum absolute atomic E-state index is 0.177. The summed E-state index contributed by atoms with van der Waals surface area (Å²) in [5.41, 5.74) is 6.28. The standard InChI is InChI=1S/C13H12BrFN2O/c14-10-6-11(8-17-7-10)18-13-2-1-9(3-4-16)5-12(13)15/h1-2,5-8H,3-4,16H2. The van der Waals surface area contributed by atoms with Crippen molar-refractivity contribution in [1.82, 2.24) is 4.98 Å². The maximum Gasteiger partial charge on any atom is 0.165 e. The van der Waals surface area contributed by atoms with E-state index in [0.29, 0.717) is 18.7 Å². The summed E-state index contributed by atoms with van der Waals surface area (Å²) < 4.78 is 20.0. The molecule has 0 fully saturated rings. The molecular formula is C13H12BrFN2O. The van der Waals surface area contributed by atoms with Crippen molar-refractivity contribution in [3.05, 3.63) is 52.5 Å². The van der Waals surface area contributed by atoms with Crippen LogP contribution >= 0.6 is 15.9 Å². The van der Waals surface area contributed by atoms with E-state index in [2.05, 4.69) is 20.9 Å². The molecule has 2 N–H and O–H groups in total. The Kier molecular flexibility index (Phi) is 4.28. The Hall–Kier alpha value is -1.46. The summed E-state index contributed by atoms with van der Waals surface area (Å²) in [4.78, 5) is 3.95. The smallest absolute Gasteiger partial charge is 0.165 e. The summed E-state index contributed by atoms with van der Waals surface area (Å²) in [7, 11) is 0. The SMILES string of the molecule is NCCc1ccc(Oc2cncc(Br)c2)c(F)c1. The van der Waals surface area contributed by atoms with Gasteiger partial charge in [-0.3, -0.25) is 4.98 Å². The van der Waals surface area contributed by atoms with Gasteiger partial charge in [0.25, 0.3) is 0 Å². The third-order valence-electron chi connectivity index (χ3n) is 2.34. The first-order chi connectivity index (χ1) is 8.69. The molecular weight excluding hydrogens is 299 g/mol. The highest BCUT2D eigenvalue weighted by Crippen LogP contribution is 2.26. The lowest BCUT2D eigenvalue weighted by atomic mass is 10.1. The van der Waals surface area contributed by atoms with Crippen molar-refractivity contribution in [3.8, 4) is 11.5 Å². The van der Waals surface area contributed by atoms with Crippen LogP contribution in [0.2, 0.25) is 0 Å². The van der Waals surface area contributed by atoms with E-state index in [1.165, 1.54) is 12.3 Å². The molecule has 0 aliphatic rings. The second kappa shape index (κ2) is 5.93. The van der Waals surface area contributed by atoms with Crippen LogP contribution in [0.3, 0.4) is 0 Å². The summed E-state index contributed by atoms with van der Waals surface area (Å²) in [5, 5.41) is 0. The number of halogens is 2. The largest absolute Gasteiger partial charge is 0.453 e. The molecule has 0 spiro atoms. The lowest BCUT2D eigenvalue weighted by Gasteiger charge is -2.08. The third-order valence-corrected chi connectivity index (χ3v) is 2.77. The van der Waals surface area contributed by atoms with Crippen molar-refractivity contribution in [3.63, 3.8) is 0 Å². The molecule has 0 aliphatic carbocycles. The molecule has 0 amide bonds. The Morgan fingerprint density at radius 3 is 2.78 bits per heavy atom. The molecule has 2 rings (SSSR count). The van der Waals surface area contributed by atoms with Gasteiger partial charge in [0.1, 0.15) is 5.75 Å². The van der Waals surface area contributed by atoms with Crippen molar-refractivity contribution in [2.75, 3.05) is 6.54 Å². The predicted molar refractivity (Wildman–Crippen MR) is 71.2 cm³/mol. The van der Waals surface area contributed by atoms with Crippen LogP contribution in [0.4, 0.5) is 4.39 Å². The monoisotopic (exact) mass is 310 g/mol. The Labute approximate surface area is 113 Å². The minimum Gasteiger partial charge on any atom is -0.453 e. The topological polar surface area (TPSA) is 48.1 Å². The van der Waals surface area contributed by atoms with Gasteiger partial charge in [0, 0.05) is 10.7 Å². The normalized spacial score (nSPS) is 10.4. The fourth-order valence-corrected chi connectivity index (χ4v) is 1.87. The van der Waals surface area contributed by atoms with Crippen LogP contribution in [-0.4, -0.2) is 11.5 Å². The maximum absolute atomic E-state index is 13.8. The van der Waals surface area contributed by atoms with Crippen LogP contribution in [-0.2, 0) is 6.42 Å². The molecule has 0 aliphatic heterocycles. The zero-order valence-electron chi connectivity index (χ0n) is 9.57. The molecule has 18 heavy (non-hydrogen) atoms. The molecule has 1 heterocycles. The molecule has 1 aromatic heterocycles. The van der Waals surface area contributed by atoms with E-state index in [1.807, 2.05) is 0 Å². The number of ether oxygens (including phenoxy) is 1. The van der Waals surface area contributed by atoms with Gasteiger partial charge in [0.2, 0.25) is 0 Å². The summed E-state index contributed by atoms with van der Waals surface area (Å²) in [6.45, 7) is 0.495. The van der Waals surface area contributed by atoms with Gasteiger partial charge in [0.05, 0.1) is 6.20 Å². The first-order valence-electron chi connectivity index (χ1n) is 5.46. The molecule has 0 bridgehead atoms. The molecule has 3 nitrogen and oxygen atoms in total. The van der Waals surface area contributed by atoms with Crippen molar-refractivity contribution < 1.29 is 9.13 Å². The Bertz CT molecular complexity index is 548. The molecule has 2 aromatic rings. The first-order valence-corrected chi connectivity index (χ1v) is 6.25. The van der Waals surface area contributed by atoms with Crippen molar-refractivity contribution in [2.45, 2.75) is 6.42 Å². The number of nitrogens with zero attached hydrogens (tertiary/aromatic N) is 1. The molecule has 0 saturated carbocycles. The van der Waals surface area contributed by atoms with E-state index in [1.54, 1.807) is 24.4 Å². The van der Waals surface area contributed by atoms with Crippen molar-refractivity contribution in [1.29, 1.82) is 0 Å². The van der Waals surface area contributed by atoms with Crippen LogP contribution in [0.25, 0.3) is 0 Å². The van der Waals surface area contributed by atoms with E-state index in [9.17, 15) is 4.39 Å². The molecule has 0 unspecified atom stereocenters. The van der Waals surface area contributed by atoms with Gasteiger partial charge in [-0.2, -0.15) is 0 Å². The van der Waals surface area contributed by atoms with Crippen LogP contribution in [0.15, 0.2) is 41.1 Å². The van der Waals surface area contributed by atoms with Crippen LogP contribution in [0, 0.1) is 5.82 Å².